The Morgan fingerprint density at radius 2 is 1.79 bits per heavy atom. The summed E-state index contributed by atoms with van der Waals surface area (Å²) < 4.78 is 0. The van der Waals surface area contributed by atoms with Crippen LogP contribution in [0.15, 0.2) is 48.8 Å². The van der Waals surface area contributed by atoms with Gasteiger partial charge in [0.25, 0.3) is 5.91 Å². The van der Waals surface area contributed by atoms with Crippen molar-refractivity contribution >= 4 is 11.6 Å². The third kappa shape index (κ3) is 4.11. The first kappa shape index (κ1) is 16.5. The van der Waals surface area contributed by atoms with Crippen molar-refractivity contribution in [1.29, 1.82) is 0 Å². The molecule has 5 nitrogen and oxygen atoms in total. The van der Waals surface area contributed by atoms with Gasteiger partial charge in [-0.05, 0) is 55.6 Å². The third-order valence-electron chi connectivity index (χ3n) is 4.51. The van der Waals surface area contributed by atoms with E-state index in [0.29, 0.717) is 12.1 Å². The molecule has 3 rings (SSSR count). The van der Waals surface area contributed by atoms with Crippen LogP contribution < -0.4 is 16.0 Å². The number of nitrogens with two attached hydrogens (primary N) is 1. The van der Waals surface area contributed by atoms with Crippen molar-refractivity contribution < 1.29 is 4.79 Å². The first-order valence-electron chi connectivity index (χ1n) is 8.51. The summed E-state index contributed by atoms with van der Waals surface area (Å²) >= 11 is 0. The van der Waals surface area contributed by atoms with E-state index in [1.54, 1.807) is 0 Å². The highest BCUT2D eigenvalue weighted by molar-refractivity contribution is 5.94. The molecule has 1 fully saturated rings. The monoisotopic (exact) mass is 324 g/mol. The number of rotatable bonds is 5. The highest BCUT2D eigenvalue weighted by Crippen LogP contribution is 2.19. The average Bonchev–Trinajstić information content (AvgIpc) is 2.64. The molecule has 1 aliphatic heterocycles. The molecule has 0 saturated carbocycles. The number of hydrogen-bond acceptors (Lipinski definition) is 4. The molecule has 2 aromatic rings. The number of benzene rings is 1. The summed E-state index contributed by atoms with van der Waals surface area (Å²) in [5.41, 5.74) is 8.63. The first-order chi connectivity index (χ1) is 11.8. The van der Waals surface area contributed by atoms with Crippen LogP contribution in [-0.4, -0.2) is 36.6 Å². The number of carbonyl (C=O) groups is 1. The number of hydrogen-bond donors (Lipinski definition) is 2. The van der Waals surface area contributed by atoms with Crippen LogP contribution in [0.4, 0.5) is 5.69 Å². The SMILES string of the molecule is NCCc1ccc(C(=O)NC2CCN(c3ccncc3)CC2)cc1. The highest BCUT2D eigenvalue weighted by Gasteiger charge is 2.21. The van der Waals surface area contributed by atoms with E-state index in [1.165, 1.54) is 11.3 Å². The highest BCUT2D eigenvalue weighted by atomic mass is 16.1. The largest absolute Gasteiger partial charge is 0.371 e. The van der Waals surface area contributed by atoms with Gasteiger partial charge in [-0.2, -0.15) is 0 Å². The van der Waals surface area contributed by atoms with E-state index in [4.69, 9.17) is 5.73 Å². The van der Waals surface area contributed by atoms with Gasteiger partial charge in [0.1, 0.15) is 0 Å². The molecule has 5 heteroatoms. The van der Waals surface area contributed by atoms with Gasteiger partial charge in [-0.15, -0.1) is 0 Å². The second-order valence-corrected chi connectivity index (χ2v) is 6.18. The molecular weight excluding hydrogens is 300 g/mol. The Balaban J connectivity index is 1.51. The number of nitrogens with one attached hydrogen (secondary N) is 1. The minimum Gasteiger partial charge on any atom is -0.371 e. The number of anilines is 1. The molecule has 0 atom stereocenters. The zero-order chi connectivity index (χ0) is 16.8. The smallest absolute Gasteiger partial charge is 0.251 e. The summed E-state index contributed by atoms with van der Waals surface area (Å²) in [6, 6.07) is 12.0. The standard InChI is InChI=1S/C19H24N4O/c20-10-5-15-1-3-16(4-2-15)19(24)22-17-8-13-23(14-9-17)18-6-11-21-12-7-18/h1-4,6-7,11-12,17H,5,8-10,13-14,20H2,(H,22,24). The van der Waals surface area contributed by atoms with Crippen LogP contribution >= 0.6 is 0 Å². The second-order valence-electron chi connectivity index (χ2n) is 6.18. The average molecular weight is 324 g/mol. The Morgan fingerprint density at radius 1 is 1.12 bits per heavy atom. The van der Waals surface area contributed by atoms with Crippen LogP contribution in [0, 0.1) is 0 Å². The molecule has 1 aromatic carbocycles. The zero-order valence-corrected chi connectivity index (χ0v) is 13.8. The van der Waals surface area contributed by atoms with Crippen molar-refractivity contribution in [2.75, 3.05) is 24.5 Å². The van der Waals surface area contributed by atoms with Crippen molar-refractivity contribution in [2.24, 2.45) is 5.73 Å². The van der Waals surface area contributed by atoms with E-state index >= 15 is 0 Å². The number of pyridine rings is 1. The van der Waals surface area contributed by atoms with E-state index in [-0.39, 0.29) is 11.9 Å². The molecule has 1 aliphatic rings. The van der Waals surface area contributed by atoms with Gasteiger partial charge in [-0.1, -0.05) is 12.1 Å². The van der Waals surface area contributed by atoms with Gasteiger partial charge in [-0.25, -0.2) is 0 Å². The quantitative estimate of drug-likeness (QED) is 0.882. The predicted molar refractivity (Wildman–Crippen MR) is 96.1 cm³/mol. The van der Waals surface area contributed by atoms with Gasteiger partial charge >= 0.3 is 0 Å². The molecule has 2 heterocycles. The lowest BCUT2D eigenvalue weighted by atomic mass is 10.0. The van der Waals surface area contributed by atoms with Gasteiger partial charge in [0.2, 0.25) is 0 Å². The Kier molecular flexibility index (Phi) is 5.43. The summed E-state index contributed by atoms with van der Waals surface area (Å²) in [5, 5.41) is 3.16. The molecule has 0 unspecified atom stereocenters. The first-order valence-corrected chi connectivity index (χ1v) is 8.51. The molecule has 0 aliphatic carbocycles. The molecule has 0 bridgehead atoms. The summed E-state index contributed by atoms with van der Waals surface area (Å²) in [5.74, 6) is 0.0108. The van der Waals surface area contributed by atoms with Crippen LogP contribution in [0.2, 0.25) is 0 Å². The Labute approximate surface area is 142 Å². The zero-order valence-electron chi connectivity index (χ0n) is 13.8. The number of carbonyl (C=O) groups excluding carboxylic acids is 1. The lowest BCUT2D eigenvalue weighted by Crippen LogP contribution is -2.44. The number of amides is 1. The molecular formula is C19H24N4O. The van der Waals surface area contributed by atoms with Crippen LogP contribution in [0.1, 0.15) is 28.8 Å². The Morgan fingerprint density at radius 3 is 2.42 bits per heavy atom. The van der Waals surface area contributed by atoms with Crippen molar-refractivity contribution in [3.8, 4) is 0 Å². The predicted octanol–water partition coefficient (Wildman–Crippen LogP) is 1.98. The topological polar surface area (TPSA) is 71.2 Å². The minimum atomic E-state index is 0.0108. The minimum absolute atomic E-state index is 0.0108. The van der Waals surface area contributed by atoms with Crippen LogP contribution in [0.5, 0.6) is 0 Å². The maximum atomic E-state index is 12.4. The van der Waals surface area contributed by atoms with Crippen molar-refractivity contribution in [3.63, 3.8) is 0 Å². The molecule has 0 radical (unpaired) electrons. The molecule has 3 N–H and O–H groups in total. The van der Waals surface area contributed by atoms with E-state index in [9.17, 15) is 4.79 Å². The summed E-state index contributed by atoms with van der Waals surface area (Å²) in [4.78, 5) is 18.8. The van der Waals surface area contributed by atoms with Crippen LogP contribution in [-0.2, 0) is 6.42 Å². The molecule has 24 heavy (non-hydrogen) atoms. The number of aromatic nitrogens is 1. The van der Waals surface area contributed by atoms with E-state index in [2.05, 4.69) is 15.2 Å². The normalized spacial score (nSPS) is 15.3. The number of piperidine rings is 1. The fourth-order valence-electron chi connectivity index (χ4n) is 3.10. The summed E-state index contributed by atoms with van der Waals surface area (Å²) in [6.07, 6.45) is 6.39. The fraction of sp³-hybridized carbons (Fsp3) is 0.368. The van der Waals surface area contributed by atoms with Crippen molar-refractivity contribution in [2.45, 2.75) is 25.3 Å². The maximum absolute atomic E-state index is 12.4. The Hall–Kier alpha value is -2.40. The lowest BCUT2D eigenvalue weighted by molar-refractivity contribution is 0.0931. The van der Waals surface area contributed by atoms with Crippen LogP contribution in [0.25, 0.3) is 0 Å². The Bertz CT molecular complexity index is 649. The van der Waals surface area contributed by atoms with Crippen LogP contribution in [0.3, 0.4) is 0 Å². The van der Waals surface area contributed by atoms with Gasteiger partial charge in [0.15, 0.2) is 0 Å². The van der Waals surface area contributed by atoms with Gasteiger partial charge in [0.05, 0.1) is 0 Å². The van der Waals surface area contributed by atoms with Crippen molar-refractivity contribution in [1.82, 2.24) is 10.3 Å². The molecule has 1 amide bonds. The van der Waals surface area contributed by atoms with E-state index in [1.807, 2.05) is 48.8 Å². The van der Waals surface area contributed by atoms with Gasteiger partial charge < -0.3 is 16.0 Å². The summed E-state index contributed by atoms with van der Waals surface area (Å²) in [6.45, 7) is 2.52. The molecule has 126 valence electrons. The van der Waals surface area contributed by atoms with E-state index in [0.717, 1.165) is 32.4 Å². The van der Waals surface area contributed by atoms with E-state index < -0.39 is 0 Å². The second kappa shape index (κ2) is 7.93. The maximum Gasteiger partial charge on any atom is 0.251 e. The molecule has 0 spiro atoms. The lowest BCUT2D eigenvalue weighted by Gasteiger charge is -2.33. The van der Waals surface area contributed by atoms with Gasteiger partial charge in [0, 0.05) is 42.8 Å². The number of nitrogens with zero attached hydrogens (tertiary/aromatic N) is 2. The van der Waals surface area contributed by atoms with Crippen molar-refractivity contribution in [3.05, 3.63) is 59.9 Å². The fourth-order valence-corrected chi connectivity index (χ4v) is 3.10. The summed E-state index contributed by atoms with van der Waals surface area (Å²) in [7, 11) is 0. The molecule has 1 saturated heterocycles. The third-order valence-corrected chi connectivity index (χ3v) is 4.51. The van der Waals surface area contributed by atoms with Gasteiger partial charge in [-0.3, -0.25) is 9.78 Å². The molecule has 1 aromatic heterocycles.